The molecule has 0 bridgehead atoms. The molecule has 0 heterocycles. The first-order chi connectivity index (χ1) is 7.85. The smallest absolute Gasteiger partial charge is 0.191 e. The Bertz CT molecular complexity index is 175. The highest BCUT2D eigenvalue weighted by atomic mass is 16.5. The molecule has 16 heavy (non-hydrogen) atoms. The van der Waals surface area contributed by atoms with Gasteiger partial charge in [0.15, 0.2) is 5.96 Å². The van der Waals surface area contributed by atoms with Crippen LogP contribution in [0.5, 0.6) is 0 Å². The Hall–Kier alpha value is -0.810. The van der Waals surface area contributed by atoms with Crippen molar-refractivity contribution >= 4 is 5.96 Å². The molecule has 0 saturated heterocycles. The Balaban J connectivity index is 3.34. The van der Waals surface area contributed by atoms with E-state index in [2.05, 4.69) is 15.6 Å². The molecular weight excluding hydrogens is 206 g/mol. The van der Waals surface area contributed by atoms with E-state index in [4.69, 9.17) is 9.47 Å². The third kappa shape index (κ3) is 9.73. The molecule has 0 fully saturated rings. The summed E-state index contributed by atoms with van der Waals surface area (Å²) >= 11 is 0. The quantitative estimate of drug-likeness (QED) is 0.347. The van der Waals surface area contributed by atoms with Gasteiger partial charge in [0, 0.05) is 41.0 Å². The number of nitrogens with zero attached hydrogens (tertiary/aromatic N) is 1. The molecule has 0 rings (SSSR count). The maximum absolute atomic E-state index is 4.99. The average Bonchev–Trinajstić information content (AvgIpc) is 2.31. The van der Waals surface area contributed by atoms with Crippen LogP contribution in [0.1, 0.15) is 19.3 Å². The van der Waals surface area contributed by atoms with Crippen molar-refractivity contribution in [1.82, 2.24) is 10.6 Å². The molecule has 5 heteroatoms. The topological polar surface area (TPSA) is 54.9 Å². The third-order valence-corrected chi connectivity index (χ3v) is 2.14. The zero-order valence-electron chi connectivity index (χ0n) is 10.7. The molecule has 0 spiro atoms. The van der Waals surface area contributed by atoms with Gasteiger partial charge < -0.3 is 20.1 Å². The van der Waals surface area contributed by atoms with Gasteiger partial charge in [0.1, 0.15) is 0 Å². The lowest BCUT2D eigenvalue weighted by Crippen LogP contribution is -2.39. The number of methoxy groups -OCH3 is 2. The molecule has 96 valence electrons. The number of unbranched alkanes of at least 4 members (excludes halogenated alkanes) is 2. The zero-order valence-corrected chi connectivity index (χ0v) is 10.7. The van der Waals surface area contributed by atoms with Gasteiger partial charge in [-0.05, 0) is 19.3 Å². The van der Waals surface area contributed by atoms with E-state index in [1.807, 2.05) is 0 Å². The van der Waals surface area contributed by atoms with Crippen LogP contribution in [0.2, 0.25) is 0 Å². The zero-order chi connectivity index (χ0) is 12.1. The van der Waals surface area contributed by atoms with Crippen LogP contribution in [0.4, 0.5) is 0 Å². The fraction of sp³-hybridized carbons (Fsp3) is 0.909. The fourth-order valence-corrected chi connectivity index (χ4v) is 1.25. The summed E-state index contributed by atoms with van der Waals surface area (Å²) in [5.74, 6) is 0.837. The standard InChI is InChI=1S/C11H25N3O2/c1-12-11(14-8-10-16-3)13-7-5-4-6-9-15-2/h4-10H2,1-3H3,(H2,12,13,14). The van der Waals surface area contributed by atoms with E-state index in [-0.39, 0.29) is 0 Å². The molecular formula is C11H25N3O2. The number of hydrogen-bond donors (Lipinski definition) is 2. The lowest BCUT2D eigenvalue weighted by atomic mass is 10.2. The normalized spacial score (nSPS) is 11.6. The van der Waals surface area contributed by atoms with Crippen molar-refractivity contribution in [1.29, 1.82) is 0 Å². The Morgan fingerprint density at radius 2 is 1.62 bits per heavy atom. The predicted molar refractivity (Wildman–Crippen MR) is 67.0 cm³/mol. The van der Waals surface area contributed by atoms with Crippen molar-refractivity contribution in [3.63, 3.8) is 0 Å². The summed E-state index contributed by atoms with van der Waals surface area (Å²) in [7, 11) is 5.19. The molecule has 5 nitrogen and oxygen atoms in total. The Kier molecular flexibility index (Phi) is 11.6. The SMILES string of the molecule is CN=C(NCCCCCOC)NCCOC. The maximum atomic E-state index is 4.99. The number of hydrogen-bond acceptors (Lipinski definition) is 3. The first-order valence-corrected chi connectivity index (χ1v) is 5.77. The van der Waals surface area contributed by atoms with Gasteiger partial charge >= 0.3 is 0 Å². The summed E-state index contributed by atoms with van der Waals surface area (Å²) in [6, 6.07) is 0. The lowest BCUT2D eigenvalue weighted by molar-refractivity contribution is 0.192. The first-order valence-electron chi connectivity index (χ1n) is 5.77. The van der Waals surface area contributed by atoms with E-state index >= 15 is 0 Å². The number of ether oxygens (including phenoxy) is 2. The molecule has 0 aliphatic carbocycles. The highest BCUT2D eigenvalue weighted by Crippen LogP contribution is 1.93. The molecule has 0 atom stereocenters. The summed E-state index contributed by atoms with van der Waals surface area (Å²) in [5.41, 5.74) is 0. The van der Waals surface area contributed by atoms with Crippen LogP contribution < -0.4 is 10.6 Å². The van der Waals surface area contributed by atoms with Crippen molar-refractivity contribution in [3.05, 3.63) is 0 Å². The van der Waals surface area contributed by atoms with Crippen LogP contribution in [-0.4, -0.2) is 53.5 Å². The molecule has 0 aliphatic rings. The molecule has 0 radical (unpaired) electrons. The van der Waals surface area contributed by atoms with Crippen LogP contribution >= 0.6 is 0 Å². The second kappa shape index (κ2) is 12.3. The predicted octanol–water partition coefficient (Wildman–Crippen LogP) is 0.615. The molecule has 0 aromatic carbocycles. The van der Waals surface area contributed by atoms with Crippen molar-refractivity contribution in [3.8, 4) is 0 Å². The molecule has 0 saturated carbocycles. The van der Waals surface area contributed by atoms with Crippen molar-refractivity contribution in [2.75, 3.05) is 47.6 Å². The largest absolute Gasteiger partial charge is 0.385 e. The fourth-order valence-electron chi connectivity index (χ4n) is 1.25. The van der Waals surface area contributed by atoms with E-state index in [1.54, 1.807) is 21.3 Å². The Morgan fingerprint density at radius 3 is 2.25 bits per heavy atom. The van der Waals surface area contributed by atoms with Gasteiger partial charge in [0.25, 0.3) is 0 Å². The van der Waals surface area contributed by atoms with Crippen molar-refractivity contribution in [2.24, 2.45) is 4.99 Å². The van der Waals surface area contributed by atoms with Crippen LogP contribution in [0.25, 0.3) is 0 Å². The average molecular weight is 231 g/mol. The highest BCUT2D eigenvalue weighted by Gasteiger charge is 1.95. The van der Waals surface area contributed by atoms with Gasteiger partial charge in [-0.1, -0.05) is 0 Å². The molecule has 0 aromatic heterocycles. The van der Waals surface area contributed by atoms with Gasteiger partial charge in [-0.25, -0.2) is 0 Å². The minimum Gasteiger partial charge on any atom is -0.385 e. The van der Waals surface area contributed by atoms with Crippen molar-refractivity contribution < 1.29 is 9.47 Å². The molecule has 0 unspecified atom stereocenters. The molecule has 2 N–H and O–H groups in total. The Morgan fingerprint density at radius 1 is 0.938 bits per heavy atom. The minimum absolute atomic E-state index is 0.689. The van der Waals surface area contributed by atoms with Gasteiger partial charge in [0.05, 0.1) is 6.61 Å². The minimum atomic E-state index is 0.689. The summed E-state index contributed by atoms with van der Waals surface area (Å²) in [5, 5.41) is 6.41. The number of aliphatic imine (C=N–C) groups is 1. The summed E-state index contributed by atoms with van der Waals surface area (Å²) < 4.78 is 9.93. The van der Waals surface area contributed by atoms with Crippen LogP contribution in [0, 0.1) is 0 Å². The first kappa shape index (κ1) is 15.2. The monoisotopic (exact) mass is 231 g/mol. The second-order valence-corrected chi connectivity index (χ2v) is 3.47. The molecule has 0 aliphatic heterocycles. The molecule has 0 amide bonds. The van der Waals surface area contributed by atoms with E-state index < -0.39 is 0 Å². The highest BCUT2D eigenvalue weighted by molar-refractivity contribution is 5.79. The van der Waals surface area contributed by atoms with E-state index in [9.17, 15) is 0 Å². The van der Waals surface area contributed by atoms with Gasteiger partial charge in [-0.2, -0.15) is 0 Å². The molecule has 0 aromatic rings. The van der Waals surface area contributed by atoms with Crippen LogP contribution in [0.15, 0.2) is 4.99 Å². The van der Waals surface area contributed by atoms with Gasteiger partial charge in [0.2, 0.25) is 0 Å². The van der Waals surface area contributed by atoms with Gasteiger partial charge in [-0.15, -0.1) is 0 Å². The number of guanidine groups is 1. The number of rotatable bonds is 9. The third-order valence-electron chi connectivity index (χ3n) is 2.14. The van der Waals surface area contributed by atoms with E-state index in [0.717, 1.165) is 38.5 Å². The maximum Gasteiger partial charge on any atom is 0.191 e. The second-order valence-electron chi connectivity index (χ2n) is 3.47. The van der Waals surface area contributed by atoms with Crippen LogP contribution in [-0.2, 0) is 9.47 Å². The Labute approximate surface area is 98.6 Å². The van der Waals surface area contributed by atoms with Crippen LogP contribution in [0.3, 0.4) is 0 Å². The number of nitrogens with one attached hydrogen (secondary N) is 2. The summed E-state index contributed by atoms with van der Waals surface area (Å²) in [6.07, 6.45) is 3.43. The summed E-state index contributed by atoms with van der Waals surface area (Å²) in [6.45, 7) is 3.26. The van der Waals surface area contributed by atoms with Gasteiger partial charge in [-0.3, -0.25) is 4.99 Å². The van der Waals surface area contributed by atoms with Crippen molar-refractivity contribution in [2.45, 2.75) is 19.3 Å². The lowest BCUT2D eigenvalue weighted by Gasteiger charge is -2.11. The van der Waals surface area contributed by atoms with E-state index in [0.29, 0.717) is 6.61 Å². The van der Waals surface area contributed by atoms with E-state index in [1.165, 1.54) is 6.42 Å². The summed E-state index contributed by atoms with van der Waals surface area (Å²) in [4.78, 5) is 4.11.